The van der Waals surface area contributed by atoms with Gasteiger partial charge in [0, 0.05) is 19.6 Å². The molecule has 2 N–H and O–H groups in total. The van der Waals surface area contributed by atoms with Gasteiger partial charge < -0.3 is 15.5 Å². The Morgan fingerprint density at radius 1 is 1.04 bits per heavy atom. The van der Waals surface area contributed by atoms with E-state index >= 15 is 0 Å². The quantitative estimate of drug-likeness (QED) is 0.531. The molecule has 0 unspecified atom stereocenters. The number of nitrogens with one attached hydrogen (secondary N) is 2. The number of nitrogens with zero attached hydrogens (tertiary/aromatic N) is 1. The Balaban J connectivity index is 1.69. The predicted molar refractivity (Wildman–Crippen MR) is 91.0 cm³/mol. The summed E-state index contributed by atoms with van der Waals surface area (Å²) >= 11 is 0. The summed E-state index contributed by atoms with van der Waals surface area (Å²) in [6, 6.07) is 10.2. The van der Waals surface area contributed by atoms with E-state index in [9.17, 15) is 9.59 Å². The first kappa shape index (κ1) is 17.5. The van der Waals surface area contributed by atoms with Gasteiger partial charge in [0.1, 0.15) is 5.41 Å². The topological polar surface area (TPSA) is 61.4 Å². The lowest BCUT2D eigenvalue weighted by molar-refractivity contribution is -0.137. The molecule has 23 heavy (non-hydrogen) atoms. The normalized spacial score (nSPS) is 15.3. The second-order valence-corrected chi connectivity index (χ2v) is 6.49. The molecule has 0 heterocycles. The van der Waals surface area contributed by atoms with Crippen molar-refractivity contribution >= 4 is 11.8 Å². The lowest BCUT2D eigenvalue weighted by Crippen LogP contribution is -2.44. The molecule has 5 heteroatoms. The first-order valence-corrected chi connectivity index (χ1v) is 8.30. The van der Waals surface area contributed by atoms with Crippen LogP contribution in [-0.4, -0.2) is 50.4 Å². The largest absolute Gasteiger partial charge is 0.355 e. The number of amides is 2. The summed E-state index contributed by atoms with van der Waals surface area (Å²) in [6.07, 6.45) is 3.13. The highest BCUT2D eigenvalue weighted by Crippen LogP contribution is 2.46. The molecule has 0 saturated heterocycles. The van der Waals surface area contributed by atoms with Gasteiger partial charge in [-0.25, -0.2) is 0 Å². The SMILES string of the molecule is CN(C)CCNC(=O)C1(C(=O)NCCCc2ccccc2)CC1. The molecular weight excluding hydrogens is 290 g/mol. The minimum atomic E-state index is -0.806. The average Bonchev–Trinajstić information content (AvgIpc) is 3.34. The van der Waals surface area contributed by atoms with Crippen molar-refractivity contribution in [2.24, 2.45) is 5.41 Å². The summed E-state index contributed by atoms with van der Waals surface area (Å²) in [5, 5.41) is 5.80. The first-order valence-electron chi connectivity index (χ1n) is 8.30. The standard InChI is InChI=1S/C18H27N3O2/c1-21(2)14-13-20-17(23)18(10-11-18)16(22)19-12-6-9-15-7-4-3-5-8-15/h3-5,7-8H,6,9-14H2,1-2H3,(H,19,22)(H,20,23). The van der Waals surface area contributed by atoms with E-state index in [2.05, 4.69) is 22.8 Å². The lowest BCUT2D eigenvalue weighted by Gasteiger charge is -2.16. The molecule has 2 rings (SSSR count). The van der Waals surface area contributed by atoms with Crippen LogP contribution in [0.2, 0.25) is 0 Å². The lowest BCUT2D eigenvalue weighted by atomic mass is 10.0. The number of likely N-dealkylation sites (N-methyl/N-ethyl adjacent to an activating group) is 1. The molecule has 0 atom stereocenters. The van der Waals surface area contributed by atoms with Crippen molar-refractivity contribution in [1.29, 1.82) is 0 Å². The molecule has 1 saturated carbocycles. The van der Waals surface area contributed by atoms with Crippen LogP contribution in [0, 0.1) is 5.41 Å². The van der Waals surface area contributed by atoms with E-state index in [1.165, 1.54) is 5.56 Å². The molecule has 5 nitrogen and oxygen atoms in total. The van der Waals surface area contributed by atoms with Crippen molar-refractivity contribution < 1.29 is 9.59 Å². The fraction of sp³-hybridized carbons (Fsp3) is 0.556. The summed E-state index contributed by atoms with van der Waals surface area (Å²) in [7, 11) is 3.91. The molecule has 0 aliphatic heterocycles. The number of rotatable bonds is 9. The van der Waals surface area contributed by atoms with Gasteiger partial charge in [-0.05, 0) is 45.3 Å². The maximum absolute atomic E-state index is 12.3. The maximum Gasteiger partial charge on any atom is 0.235 e. The zero-order chi connectivity index (χ0) is 16.7. The number of carbonyl (C=O) groups is 2. The van der Waals surface area contributed by atoms with Gasteiger partial charge in [-0.3, -0.25) is 9.59 Å². The zero-order valence-corrected chi connectivity index (χ0v) is 14.1. The van der Waals surface area contributed by atoms with E-state index in [0.717, 1.165) is 19.4 Å². The van der Waals surface area contributed by atoms with E-state index in [1.54, 1.807) is 0 Å². The smallest absolute Gasteiger partial charge is 0.235 e. The molecule has 1 aromatic carbocycles. The molecule has 0 radical (unpaired) electrons. The Kier molecular flexibility index (Phi) is 6.16. The molecule has 1 aromatic rings. The third kappa shape index (κ3) is 5.06. The predicted octanol–water partition coefficient (Wildman–Crippen LogP) is 1.19. The van der Waals surface area contributed by atoms with Gasteiger partial charge in [-0.15, -0.1) is 0 Å². The second kappa shape index (κ2) is 8.11. The maximum atomic E-state index is 12.3. The van der Waals surface area contributed by atoms with Crippen molar-refractivity contribution in [3.8, 4) is 0 Å². The number of aryl methyl sites for hydroxylation is 1. The van der Waals surface area contributed by atoms with Gasteiger partial charge in [0.15, 0.2) is 0 Å². The Bertz CT molecular complexity index is 524. The summed E-state index contributed by atoms with van der Waals surface area (Å²) < 4.78 is 0. The highest BCUT2D eigenvalue weighted by Gasteiger charge is 2.56. The van der Waals surface area contributed by atoms with Gasteiger partial charge >= 0.3 is 0 Å². The van der Waals surface area contributed by atoms with Crippen molar-refractivity contribution in [2.45, 2.75) is 25.7 Å². The monoisotopic (exact) mass is 317 g/mol. The van der Waals surface area contributed by atoms with Crippen LogP contribution >= 0.6 is 0 Å². The van der Waals surface area contributed by atoms with E-state index < -0.39 is 5.41 Å². The molecule has 1 aliphatic carbocycles. The van der Waals surface area contributed by atoms with Gasteiger partial charge in [-0.1, -0.05) is 30.3 Å². The number of benzene rings is 1. The molecule has 0 spiro atoms. The molecule has 1 aliphatic rings. The summed E-state index contributed by atoms with van der Waals surface area (Å²) in [6.45, 7) is 1.97. The Morgan fingerprint density at radius 2 is 1.65 bits per heavy atom. The highest BCUT2D eigenvalue weighted by atomic mass is 16.2. The van der Waals surface area contributed by atoms with E-state index in [1.807, 2.05) is 37.2 Å². The van der Waals surface area contributed by atoms with Gasteiger partial charge in [0.25, 0.3) is 0 Å². The molecule has 126 valence electrons. The van der Waals surface area contributed by atoms with Crippen molar-refractivity contribution in [3.05, 3.63) is 35.9 Å². The van der Waals surface area contributed by atoms with Crippen LogP contribution in [0.25, 0.3) is 0 Å². The van der Waals surface area contributed by atoms with E-state index in [0.29, 0.717) is 25.9 Å². The van der Waals surface area contributed by atoms with Crippen molar-refractivity contribution in [2.75, 3.05) is 33.7 Å². The third-order valence-electron chi connectivity index (χ3n) is 4.23. The molecule has 2 amide bonds. The fourth-order valence-electron chi connectivity index (χ4n) is 2.55. The van der Waals surface area contributed by atoms with Crippen LogP contribution in [0.5, 0.6) is 0 Å². The van der Waals surface area contributed by atoms with E-state index in [4.69, 9.17) is 0 Å². The Hall–Kier alpha value is -1.88. The van der Waals surface area contributed by atoms with Crippen LogP contribution in [0.4, 0.5) is 0 Å². The summed E-state index contributed by atoms with van der Waals surface area (Å²) in [5.41, 5.74) is 0.461. The van der Waals surface area contributed by atoms with E-state index in [-0.39, 0.29) is 11.8 Å². The number of hydrogen-bond acceptors (Lipinski definition) is 3. The number of hydrogen-bond donors (Lipinski definition) is 2. The van der Waals surface area contributed by atoms with Gasteiger partial charge in [0.2, 0.25) is 11.8 Å². The van der Waals surface area contributed by atoms with Crippen LogP contribution in [0.3, 0.4) is 0 Å². The summed E-state index contributed by atoms with van der Waals surface area (Å²) in [5.74, 6) is -0.243. The minimum absolute atomic E-state index is 0.118. The average molecular weight is 317 g/mol. The zero-order valence-electron chi connectivity index (χ0n) is 14.1. The highest BCUT2D eigenvalue weighted by molar-refractivity contribution is 6.07. The molecule has 0 aromatic heterocycles. The van der Waals surface area contributed by atoms with Crippen molar-refractivity contribution in [3.63, 3.8) is 0 Å². The van der Waals surface area contributed by atoms with Crippen molar-refractivity contribution in [1.82, 2.24) is 15.5 Å². The molecular formula is C18H27N3O2. The minimum Gasteiger partial charge on any atom is -0.355 e. The van der Waals surface area contributed by atoms with Crippen LogP contribution in [-0.2, 0) is 16.0 Å². The summed E-state index contributed by atoms with van der Waals surface area (Å²) in [4.78, 5) is 26.5. The molecule has 0 bridgehead atoms. The van der Waals surface area contributed by atoms with Gasteiger partial charge in [-0.2, -0.15) is 0 Å². The molecule has 1 fully saturated rings. The van der Waals surface area contributed by atoms with Crippen LogP contribution < -0.4 is 10.6 Å². The first-order chi connectivity index (χ1) is 11.0. The number of carbonyl (C=O) groups excluding carboxylic acids is 2. The fourth-order valence-corrected chi connectivity index (χ4v) is 2.55. The third-order valence-corrected chi connectivity index (χ3v) is 4.23. The van der Waals surface area contributed by atoms with Gasteiger partial charge in [0.05, 0.1) is 0 Å². The second-order valence-electron chi connectivity index (χ2n) is 6.49. The Labute approximate surface area is 138 Å². The van der Waals surface area contributed by atoms with Crippen LogP contribution in [0.15, 0.2) is 30.3 Å². The van der Waals surface area contributed by atoms with Crippen LogP contribution in [0.1, 0.15) is 24.8 Å². The Morgan fingerprint density at radius 3 is 2.22 bits per heavy atom.